The molecule has 4 heteroatoms. The molecule has 0 aliphatic carbocycles. The average Bonchev–Trinajstić information content (AvgIpc) is 2.47. The summed E-state index contributed by atoms with van der Waals surface area (Å²) >= 11 is 0. The Morgan fingerprint density at radius 3 is 2.60 bits per heavy atom. The predicted octanol–water partition coefficient (Wildman–Crippen LogP) is 3.25. The van der Waals surface area contributed by atoms with Gasteiger partial charge in [-0.15, -0.1) is 0 Å². The molecular formula is C16H25NO3. The van der Waals surface area contributed by atoms with Crippen LogP contribution in [0.4, 0.5) is 5.69 Å². The highest BCUT2D eigenvalue weighted by molar-refractivity contribution is 5.71. The van der Waals surface area contributed by atoms with E-state index in [1.165, 1.54) is 0 Å². The molecule has 0 aliphatic heterocycles. The minimum Gasteiger partial charge on any atom is -0.482 e. The zero-order chi connectivity index (χ0) is 14.8. The molecule has 0 amide bonds. The fraction of sp³-hybridized carbons (Fsp3) is 0.562. The maximum Gasteiger partial charge on any atom is 0.344 e. The van der Waals surface area contributed by atoms with Crippen molar-refractivity contribution >= 4 is 11.7 Å². The lowest BCUT2D eigenvalue weighted by Gasteiger charge is -2.21. The number of benzene rings is 1. The van der Waals surface area contributed by atoms with E-state index in [4.69, 9.17) is 9.47 Å². The standard InChI is InChI=1S/C16H25NO3/c1-4-7-11-19-16(18)13-20-15-10-8-9-14(12-15)17(5-2)6-3/h8-10,12H,4-7,11,13H2,1-3H3. The number of carbonyl (C=O) groups excluding carboxylic acids is 1. The molecular weight excluding hydrogens is 254 g/mol. The van der Waals surface area contributed by atoms with Gasteiger partial charge in [0.2, 0.25) is 0 Å². The van der Waals surface area contributed by atoms with Gasteiger partial charge in [0.15, 0.2) is 6.61 Å². The molecule has 0 spiro atoms. The molecule has 4 nitrogen and oxygen atoms in total. The quantitative estimate of drug-likeness (QED) is 0.514. The molecule has 0 N–H and O–H groups in total. The van der Waals surface area contributed by atoms with Gasteiger partial charge in [0.05, 0.1) is 6.61 Å². The van der Waals surface area contributed by atoms with E-state index in [1.54, 1.807) is 0 Å². The van der Waals surface area contributed by atoms with E-state index in [-0.39, 0.29) is 12.6 Å². The van der Waals surface area contributed by atoms with Gasteiger partial charge in [-0.25, -0.2) is 4.79 Å². The number of unbranched alkanes of at least 4 members (excludes halogenated alkanes) is 1. The lowest BCUT2D eigenvalue weighted by Crippen LogP contribution is -2.21. The van der Waals surface area contributed by atoms with E-state index in [9.17, 15) is 4.79 Å². The van der Waals surface area contributed by atoms with Crippen LogP contribution in [0.3, 0.4) is 0 Å². The van der Waals surface area contributed by atoms with E-state index in [1.807, 2.05) is 24.3 Å². The molecule has 112 valence electrons. The number of hydrogen-bond acceptors (Lipinski definition) is 4. The van der Waals surface area contributed by atoms with E-state index in [2.05, 4.69) is 25.7 Å². The lowest BCUT2D eigenvalue weighted by molar-refractivity contribution is -0.146. The number of anilines is 1. The smallest absolute Gasteiger partial charge is 0.344 e. The summed E-state index contributed by atoms with van der Waals surface area (Å²) in [5, 5.41) is 0. The summed E-state index contributed by atoms with van der Waals surface area (Å²) < 4.78 is 10.5. The monoisotopic (exact) mass is 279 g/mol. The van der Waals surface area contributed by atoms with E-state index in [0.717, 1.165) is 31.6 Å². The Balaban J connectivity index is 2.48. The summed E-state index contributed by atoms with van der Waals surface area (Å²) in [5.41, 5.74) is 1.10. The summed E-state index contributed by atoms with van der Waals surface area (Å²) in [6.45, 7) is 8.61. The molecule has 0 aliphatic rings. The van der Waals surface area contributed by atoms with Gasteiger partial charge in [-0.2, -0.15) is 0 Å². The van der Waals surface area contributed by atoms with Crippen LogP contribution in [0.5, 0.6) is 5.75 Å². The SMILES string of the molecule is CCCCOC(=O)COc1cccc(N(CC)CC)c1. The molecule has 0 bridgehead atoms. The second kappa shape index (κ2) is 9.23. The number of rotatable bonds is 9. The third-order valence-electron chi connectivity index (χ3n) is 3.06. The zero-order valence-corrected chi connectivity index (χ0v) is 12.7. The molecule has 1 aromatic carbocycles. The molecule has 1 aromatic rings. The van der Waals surface area contributed by atoms with E-state index < -0.39 is 0 Å². The van der Waals surface area contributed by atoms with Crippen molar-refractivity contribution in [3.63, 3.8) is 0 Å². The maximum atomic E-state index is 11.5. The highest BCUT2D eigenvalue weighted by atomic mass is 16.6. The fourth-order valence-electron chi connectivity index (χ4n) is 1.87. The van der Waals surface area contributed by atoms with Gasteiger partial charge >= 0.3 is 5.97 Å². The van der Waals surface area contributed by atoms with E-state index in [0.29, 0.717) is 12.4 Å². The Morgan fingerprint density at radius 1 is 1.20 bits per heavy atom. The van der Waals surface area contributed by atoms with Crippen molar-refractivity contribution in [1.29, 1.82) is 0 Å². The molecule has 0 saturated heterocycles. The normalized spacial score (nSPS) is 10.2. The first-order chi connectivity index (χ1) is 9.71. The Morgan fingerprint density at radius 2 is 1.95 bits per heavy atom. The first-order valence-corrected chi connectivity index (χ1v) is 7.34. The highest BCUT2D eigenvalue weighted by Gasteiger charge is 2.06. The topological polar surface area (TPSA) is 38.8 Å². The number of nitrogens with zero attached hydrogens (tertiary/aromatic N) is 1. The zero-order valence-electron chi connectivity index (χ0n) is 12.7. The van der Waals surface area contributed by atoms with Gasteiger partial charge < -0.3 is 14.4 Å². The second-order valence-electron chi connectivity index (χ2n) is 4.53. The molecule has 0 unspecified atom stereocenters. The van der Waals surface area contributed by atoms with Crippen LogP contribution >= 0.6 is 0 Å². The highest BCUT2D eigenvalue weighted by Crippen LogP contribution is 2.20. The fourth-order valence-corrected chi connectivity index (χ4v) is 1.87. The first kappa shape index (κ1) is 16.3. The summed E-state index contributed by atoms with van der Waals surface area (Å²) in [6.07, 6.45) is 1.91. The number of ether oxygens (including phenoxy) is 2. The number of esters is 1. The number of carbonyl (C=O) groups is 1. The van der Waals surface area contributed by atoms with Crippen molar-refractivity contribution < 1.29 is 14.3 Å². The van der Waals surface area contributed by atoms with Gasteiger partial charge in [-0.05, 0) is 32.4 Å². The molecule has 20 heavy (non-hydrogen) atoms. The summed E-state index contributed by atoms with van der Waals surface area (Å²) in [7, 11) is 0. The van der Waals surface area contributed by atoms with Crippen molar-refractivity contribution in [3.05, 3.63) is 24.3 Å². The van der Waals surface area contributed by atoms with Gasteiger partial charge in [-0.1, -0.05) is 19.4 Å². The third kappa shape index (κ3) is 5.51. The van der Waals surface area contributed by atoms with Crippen LogP contribution in [0.15, 0.2) is 24.3 Å². The van der Waals surface area contributed by atoms with Crippen LogP contribution in [0.2, 0.25) is 0 Å². The maximum absolute atomic E-state index is 11.5. The van der Waals surface area contributed by atoms with Gasteiger partial charge in [0, 0.05) is 24.8 Å². The van der Waals surface area contributed by atoms with Crippen molar-refractivity contribution in [1.82, 2.24) is 0 Å². The largest absolute Gasteiger partial charge is 0.482 e. The molecule has 0 heterocycles. The molecule has 0 atom stereocenters. The van der Waals surface area contributed by atoms with Crippen LogP contribution < -0.4 is 9.64 Å². The number of hydrogen-bond donors (Lipinski definition) is 0. The van der Waals surface area contributed by atoms with Gasteiger partial charge in [0.25, 0.3) is 0 Å². The molecule has 0 saturated carbocycles. The van der Waals surface area contributed by atoms with Gasteiger partial charge in [-0.3, -0.25) is 0 Å². The summed E-state index contributed by atoms with van der Waals surface area (Å²) in [5.74, 6) is 0.383. The van der Waals surface area contributed by atoms with Crippen LogP contribution in [0.25, 0.3) is 0 Å². The van der Waals surface area contributed by atoms with Crippen molar-refractivity contribution in [3.8, 4) is 5.75 Å². The van der Waals surface area contributed by atoms with Crippen LogP contribution in [-0.4, -0.2) is 32.3 Å². The van der Waals surface area contributed by atoms with Crippen LogP contribution in [0.1, 0.15) is 33.6 Å². The van der Waals surface area contributed by atoms with Crippen LogP contribution in [-0.2, 0) is 9.53 Å². The molecule has 0 fully saturated rings. The average molecular weight is 279 g/mol. The lowest BCUT2D eigenvalue weighted by atomic mass is 10.2. The van der Waals surface area contributed by atoms with Crippen molar-refractivity contribution in [2.24, 2.45) is 0 Å². The molecule has 0 radical (unpaired) electrons. The summed E-state index contributed by atoms with van der Waals surface area (Å²) in [6, 6.07) is 7.78. The minimum atomic E-state index is -0.313. The minimum absolute atomic E-state index is 0.0363. The summed E-state index contributed by atoms with van der Waals surface area (Å²) in [4.78, 5) is 13.7. The third-order valence-corrected chi connectivity index (χ3v) is 3.06. The Labute approximate surface area is 121 Å². The van der Waals surface area contributed by atoms with Crippen LogP contribution in [0, 0.1) is 0 Å². The Kier molecular flexibility index (Phi) is 7.55. The molecule has 1 rings (SSSR count). The Hall–Kier alpha value is -1.71. The Bertz CT molecular complexity index is 402. The first-order valence-electron chi connectivity index (χ1n) is 7.34. The molecule has 0 aromatic heterocycles. The predicted molar refractivity (Wildman–Crippen MR) is 81.4 cm³/mol. The van der Waals surface area contributed by atoms with Gasteiger partial charge in [0.1, 0.15) is 5.75 Å². The van der Waals surface area contributed by atoms with Crippen molar-refractivity contribution in [2.75, 3.05) is 31.2 Å². The van der Waals surface area contributed by atoms with E-state index >= 15 is 0 Å². The second-order valence-corrected chi connectivity index (χ2v) is 4.53. The van der Waals surface area contributed by atoms with Crippen molar-refractivity contribution in [2.45, 2.75) is 33.6 Å².